The van der Waals surface area contributed by atoms with Crippen molar-refractivity contribution in [3.8, 4) is 0 Å². The van der Waals surface area contributed by atoms with Gasteiger partial charge in [-0.2, -0.15) is 0 Å². The van der Waals surface area contributed by atoms with Crippen LogP contribution in [0.1, 0.15) is 5.56 Å². The van der Waals surface area contributed by atoms with Gasteiger partial charge >= 0.3 is 5.69 Å². The van der Waals surface area contributed by atoms with Gasteiger partial charge < -0.3 is 5.32 Å². The summed E-state index contributed by atoms with van der Waals surface area (Å²) in [4.78, 5) is 10.5. The van der Waals surface area contributed by atoms with E-state index in [1.165, 1.54) is 11.6 Å². The summed E-state index contributed by atoms with van der Waals surface area (Å²) < 4.78 is 0. The van der Waals surface area contributed by atoms with E-state index in [4.69, 9.17) is 11.6 Å². The van der Waals surface area contributed by atoms with E-state index in [-0.39, 0.29) is 10.7 Å². The van der Waals surface area contributed by atoms with Crippen molar-refractivity contribution in [1.29, 1.82) is 0 Å². The number of para-hydroxylation sites is 1. The second-order valence-corrected chi connectivity index (χ2v) is 4.46. The monoisotopic (exact) mass is 276 g/mol. The largest absolute Gasteiger partial charge is 0.379 e. The topological polar surface area (TPSA) is 55.2 Å². The highest BCUT2D eigenvalue weighted by molar-refractivity contribution is 6.33. The average Bonchev–Trinajstić information content (AvgIpc) is 2.39. The van der Waals surface area contributed by atoms with Gasteiger partial charge in [0.1, 0.15) is 10.7 Å². The van der Waals surface area contributed by atoms with Crippen molar-refractivity contribution < 1.29 is 4.92 Å². The number of hydrogen-bond donors (Lipinski definition) is 1. The minimum atomic E-state index is -0.465. The van der Waals surface area contributed by atoms with Crippen LogP contribution in [0.15, 0.2) is 48.5 Å². The SMILES string of the molecule is O=[N+]([O-])c1c(Cl)cccc1NCCc1ccccc1. The maximum Gasteiger partial charge on any atom is 0.310 e. The standard InChI is InChI=1S/C14H13ClN2O2/c15-12-7-4-8-13(14(12)17(18)19)16-10-9-11-5-2-1-3-6-11/h1-8,16H,9-10H2. The van der Waals surface area contributed by atoms with Gasteiger partial charge in [0, 0.05) is 6.54 Å². The first-order valence-corrected chi connectivity index (χ1v) is 6.27. The molecule has 19 heavy (non-hydrogen) atoms. The molecule has 98 valence electrons. The van der Waals surface area contributed by atoms with Crippen molar-refractivity contribution in [2.24, 2.45) is 0 Å². The van der Waals surface area contributed by atoms with Crippen LogP contribution in [0.2, 0.25) is 5.02 Å². The molecule has 2 rings (SSSR count). The molecule has 0 amide bonds. The number of nitro groups is 1. The van der Waals surface area contributed by atoms with Gasteiger partial charge in [0.05, 0.1) is 4.92 Å². The van der Waals surface area contributed by atoms with E-state index < -0.39 is 4.92 Å². The lowest BCUT2D eigenvalue weighted by Crippen LogP contribution is -2.07. The fourth-order valence-electron chi connectivity index (χ4n) is 1.83. The molecule has 0 radical (unpaired) electrons. The quantitative estimate of drug-likeness (QED) is 0.665. The molecule has 1 N–H and O–H groups in total. The molecule has 0 saturated heterocycles. The zero-order chi connectivity index (χ0) is 13.7. The van der Waals surface area contributed by atoms with Crippen LogP contribution in [-0.2, 0) is 6.42 Å². The Morgan fingerprint density at radius 2 is 1.84 bits per heavy atom. The van der Waals surface area contributed by atoms with Gasteiger partial charge in [-0.25, -0.2) is 0 Å². The maximum atomic E-state index is 11.0. The summed E-state index contributed by atoms with van der Waals surface area (Å²) in [5.41, 5.74) is 1.56. The molecule has 2 aromatic rings. The first-order valence-electron chi connectivity index (χ1n) is 5.89. The third-order valence-electron chi connectivity index (χ3n) is 2.74. The lowest BCUT2D eigenvalue weighted by Gasteiger charge is -2.07. The summed E-state index contributed by atoms with van der Waals surface area (Å²) in [7, 11) is 0. The molecule has 0 unspecified atom stereocenters. The number of nitrogens with one attached hydrogen (secondary N) is 1. The summed E-state index contributed by atoms with van der Waals surface area (Å²) in [6, 6.07) is 14.8. The summed E-state index contributed by atoms with van der Waals surface area (Å²) in [6.45, 7) is 0.616. The average molecular weight is 277 g/mol. The number of anilines is 1. The molecular weight excluding hydrogens is 264 g/mol. The molecule has 0 aliphatic rings. The minimum absolute atomic E-state index is 0.0720. The highest BCUT2D eigenvalue weighted by Crippen LogP contribution is 2.32. The number of benzene rings is 2. The third kappa shape index (κ3) is 3.45. The maximum absolute atomic E-state index is 11.0. The van der Waals surface area contributed by atoms with Crippen LogP contribution in [-0.4, -0.2) is 11.5 Å². The Kier molecular flexibility index (Phi) is 4.36. The fraction of sp³-hybridized carbons (Fsp3) is 0.143. The van der Waals surface area contributed by atoms with Crippen molar-refractivity contribution >= 4 is 23.0 Å². The lowest BCUT2D eigenvalue weighted by atomic mass is 10.1. The highest BCUT2D eigenvalue weighted by atomic mass is 35.5. The van der Waals surface area contributed by atoms with Gasteiger partial charge in [0.25, 0.3) is 0 Å². The van der Waals surface area contributed by atoms with E-state index in [1.54, 1.807) is 12.1 Å². The van der Waals surface area contributed by atoms with Crippen LogP contribution >= 0.6 is 11.6 Å². The molecule has 4 nitrogen and oxygen atoms in total. The van der Waals surface area contributed by atoms with Crippen LogP contribution < -0.4 is 5.32 Å². The number of rotatable bonds is 5. The van der Waals surface area contributed by atoms with Gasteiger partial charge in [-0.15, -0.1) is 0 Å². The molecule has 0 spiro atoms. The van der Waals surface area contributed by atoms with Crippen LogP contribution in [0.3, 0.4) is 0 Å². The highest BCUT2D eigenvalue weighted by Gasteiger charge is 2.17. The molecule has 0 aliphatic carbocycles. The van der Waals surface area contributed by atoms with Gasteiger partial charge in [0.2, 0.25) is 0 Å². The van der Waals surface area contributed by atoms with E-state index in [9.17, 15) is 10.1 Å². The molecule has 0 saturated carbocycles. The van der Waals surface area contributed by atoms with Crippen LogP contribution in [0.25, 0.3) is 0 Å². The van der Waals surface area contributed by atoms with Crippen molar-refractivity contribution in [3.05, 3.63) is 69.2 Å². The number of halogens is 1. The van der Waals surface area contributed by atoms with E-state index >= 15 is 0 Å². The van der Waals surface area contributed by atoms with Crippen molar-refractivity contribution in [2.45, 2.75) is 6.42 Å². The third-order valence-corrected chi connectivity index (χ3v) is 3.05. The van der Waals surface area contributed by atoms with Crippen LogP contribution in [0.4, 0.5) is 11.4 Å². The number of hydrogen-bond acceptors (Lipinski definition) is 3. The smallest absolute Gasteiger partial charge is 0.310 e. The number of nitro benzene ring substituents is 1. The molecule has 0 bridgehead atoms. The second kappa shape index (κ2) is 6.20. The molecule has 0 atom stereocenters. The molecule has 0 heterocycles. The molecule has 5 heteroatoms. The van der Waals surface area contributed by atoms with Crippen LogP contribution in [0, 0.1) is 10.1 Å². The lowest BCUT2D eigenvalue weighted by molar-refractivity contribution is -0.383. The Morgan fingerprint density at radius 1 is 1.11 bits per heavy atom. The summed E-state index contributed by atoms with van der Waals surface area (Å²) in [5.74, 6) is 0. The molecule has 0 fully saturated rings. The van der Waals surface area contributed by atoms with Gasteiger partial charge in [-0.3, -0.25) is 10.1 Å². The molecule has 0 aromatic heterocycles. The minimum Gasteiger partial charge on any atom is -0.379 e. The van der Waals surface area contributed by atoms with Crippen LogP contribution in [0.5, 0.6) is 0 Å². The first kappa shape index (κ1) is 13.4. The van der Waals surface area contributed by atoms with E-state index in [0.717, 1.165) is 6.42 Å². The molecule has 2 aromatic carbocycles. The number of nitrogens with zero attached hydrogens (tertiary/aromatic N) is 1. The summed E-state index contributed by atoms with van der Waals surface area (Å²) in [6.07, 6.45) is 0.796. The predicted octanol–water partition coefficient (Wildman–Crippen LogP) is 3.90. The Hall–Kier alpha value is -2.07. The second-order valence-electron chi connectivity index (χ2n) is 4.06. The zero-order valence-electron chi connectivity index (χ0n) is 10.2. The fourth-order valence-corrected chi connectivity index (χ4v) is 2.07. The van der Waals surface area contributed by atoms with E-state index in [2.05, 4.69) is 5.32 Å². The van der Waals surface area contributed by atoms with Gasteiger partial charge in [-0.05, 0) is 24.1 Å². The van der Waals surface area contributed by atoms with Crippen molar-refractivity contribution in [3.63, 3.8) is 0 Å². The first-order chi connectivity index (χ1) is 9.18. The zero-order valence-corrected chi connectivity index (χ0v) is 10.9. The summed E-state index contributed by atoms with van der Waals surface area (Å²) >= 11 is 5.84. The van der Waals surface area contributed by atoms with E-state index in [0.29, 0.717) is 12.2 Å². The Bertz CT molecular complexity index is 573. The van der Waals surface area contributed by atoms with Gasteiger partial charge in [-0.1, -0.05) is 48.0 Å². The molecule has 0 aliphatic heterocycles. The Balaban J connectivity index is 2.04. The van der Waals surface area contributed by atoms with Crippen molar-refractivity contribution in [1.82, 2.24) is 0 Å². The normalized spacial score (nSPS) is 10.2. The summed E-state index contributed by atoms with van der Waals surface area (Å²) in [5, 5.41) is 14.2. The van der Waals surface area contributed by atoms with Crippen molar-refractivity contribution in [2.75, 3.05) is 11.9 Å². The molecular formula is C14H13ClN2O2. The predicted molar refractivity (Wildman–Crippen MR) is 76.7 cm³/mol. The van der Waals surface area contributed by atoms with E-state index in [1.807, 2.05) is 30.3 Å². The van der Waals surface area contributed by atoms with Gasteiger partial charge in [0.15, 0.2) is 0 Å². The Morgan fingerprint density at radius 3 is 2.53 bits per heavy atom. The Labute approximate surface area is 116 Å².